The first-order valence-electron chi connectivity index (χ1n) is 8.45. The minimum Gasteiger partial charge on any atom is -0.394 e. The van der Waals surface area contributed by atoms with Crippen molar-refractivity contribution in [2.45, 2.75) is 25.6 Å². The molecule has 0 aliphatic rings. The van der Waals surface area contributed by atoms with Crippen molar-refractivity contribution in [1.82, 2.24) is 9.55 Å². The van der Waals surface area contributed by atoms with Crippen LogP contribution in [0.1, 0.15) is 17.8 Å². The fraction of sp³-hybridized carbons (Fsp3) is 0.263. The van der Waals surface area contributed by atoms with E-state index in [0.29, 0.717) is 26.9 Å². The molecule has 3 rings (SSSR count). The lowest BCUT2D eigenvalue weighted by molar-refractivity contribution is 0.0884. The first-order valence-corrected chi connectivity index (χ1v) is 9.58. The van der Waals surface area contributed by atoms with E-state index in [-0.39, 0.29) is 41.0 Å². The summed E-state index contributed by atoms with van der Waals surface area (Å²) in [5.41, 5.74) is 1.01. The van der Waals surface area contributed by atoms with Crippen LogP contribution in [-0.2, 0) is 13.0 Å². The lowest BCUT2D eigenvalue weighted by atomic mass is 10.1. The SMILES string of the molecule is O=c1cc(CO)n(-c2c(Cl)cccc2Cl)c2c(Cl)cnc(CCC(O)CO)c12. The molecular weight excluding hydrogens is 427 g/mol. The van der Waals surface area contributed by atoms with Crippen LogP contribution in [0.25, 0.3) is 16.6 Å². The normalized spacial score (nSPS) is 12.5. The number of benzene rings is 1. The average Bonchev–Trinajstić information content (AvgIpc) is 2.68. The minimum absolute atomic E-state index is 0.185. The van der Waals surface area contributed by atoms with Crippen molar-refractivity contribution >= 4 is 45.7 Å². The van der Waals surface area contributed by atoms with E-state index >= 15 is 0 Å². The van der Waals surface area contributed by atoms with E-state index in [9.17, 15) is 15.0 Å². The molecule has 0 saturated heterocycles. The van der Waals surface area contributed by atoms with Gasteiger partial charge in [-0.2, -0.15) is 0 Å². The van der Waals surface area contributed by atoms with Crippen LogP contribution in [0, 0.1) is 0 Å². The van der Waals surface area contributed by atoms with E-state index in [2.05, 4.69) is 4.98 Å². The second-order valence-corrected chi connectivity index (χ2v) is 7.44. The number of nitrogens with zero attached hydrogens (tertiary/aromatic N) is 2. The average molecular weight is 444 g/mol. The van der Waals surface area contributed by atoms with E-state index < -0.39 is 12.7 Å². The van der Waals surface area contributed by atoms with Gasteiger partial charge in [0.05, 0.1) is 62.4 Å². The summed E-state index contributed by atoms with van der Waals surface area (Å²) in [5.74, 6) is 0. The van der Waals surface area contributed by atoms with Gasteiger partial charge in [-0.05, 0) is 25.0 Å². The maximum absolute atomic E-state index is 12.8. The first kappa shape index (κ1) is 21.0. The van der Waals surface area contributed by atoms with Gasteiger partial charge in [-0.25, -0.2) is 0 Å². The Hall–Kier alpha value is -1.67. The monoisotopic (exact) mass is 442 g/mol. The van der Waals surface area contributed by atoms with E-state index in [1.165, 1.54) is 12.3 Å². The fourth-order valence-electron chi connectivity index (χ4n) is 3.08. The highest BCUT2D eigenvalue weighted by Crippen LogP contribution is 2.34. The Kier molecular flexibility index (Phi) is 6.60. The summed E-state index contributed by atoms with van der Waals surface area (Å²) >= 11 is 19.1. The number of pyridine rings is 2. The summed E-state index contributed by atoms with van der Waals surface area (Å²) in [6, 6.07) is 6.25. The van der Waals surface area contributed by atoms with Crippen molar-refractivity contribution in [1.29, 1.82) is 0 Å². The predicted octanol–water partition coefficient (Wildman–Crippen LogP) is 3.12. The lowest BCUT2D eigenvalue weighted by Crippen LogP contribution is -2.18. The van der Waals surface area contributed by atoms with Crippen LogP contribution < -0.4 is 5.43 Å². The summed E-state index contributed by atoms with van der Waals surface area (Å²) in [6.07, 6.45) is 0.935. The molecule has 0 saturated carbocycles. The molecule has 3 N–H and O–H groups in total. The third kappa shape index (κ3) is 3.89. The molecular formula is C19H17Cl3N2O4. The zero-order chi connectivity index (χ0) is 20.4. The Morgan fingerprint density at radius 3 is 2.39 bits per heavy atom. The molecule has 0 aliphatic heterocycles. The molecule has 0 aliphatic carbocycles. The minimum atomic E-state index is -0.926. The molecule has 3 aromatic rings. The van der Waals surface area contributed by atoms with Gasteiger partial charge in [0.1, 0.15) is 0 Å². The number of aliphatic hydroxyl groups is 3. The van der Waals surface area contributed by atoms with Gasteiger partial charge in [-0.15, -0.1) is 0 Å². The molecule has 0 amide bonds. The van der Waals surface area contributed by atoms with Crippen molar-refractivity contribution in [3.63, 3.8) is 0 Å². The van der Waals surface area contributed by atoms with Crippen molar-refractivity contribution < 1.29 is 15.3 Å². The molecule has 1 atom stereocenters. The number of hydrogen-bond donors (Lipinski definition) is 3. The molecule has 0 spiro atoms. The van der Waals surface area contributed by atoms with Crippen LogP contribution in [0.3, 0.4) is 0 Å². The van der Waals surface area contributed by atoms with Crippen molar-refractivity contribution in [3.05, 3.63) is 67.1 Å². The quantitative estimate of drug-likeness (QED) is 0.544. The zero-order valence-electron chi connectivity index (χ0n) is 14.6. The maximum Gasteiger partial charge on any atom is 0.191 e. The number of rotatable bonds is 6. The molecule has 148 valence electrons. The van der Waals surface area contributed by atoms with Crippen LogP contribution >= 0.6 is 34.8 Å². The number of hydrogen-bond acceptors (Lipinski definition) is 5. The predicted molar refractivity (Wildman–Crippen MR) is 110 cm³/mol. The Morgan fingerprint density at radius 2 is 1.79 bits per heavy atom. The molecule has 0 fully saturated rings. The number of aromatic nitrogens is 2. The third-order valence-corrected chi connectivity index (χ3v) is 5.28. The molecule has 9 heteroatoms. The van der Waals surface area contributed by atoms with Crippen molar-refractivity contribution in [3.8, 4) is 5.69 Å². The molecule has 2 aromatic heterocycles. The highest BCUT2D eigenvalue weighted by Gasteiger charge is 2.20. The van der Waals surface area contributed by atoms with Gasteiger partial charge < -0.3 is 19.9 Å². The van der Waals surface area contributed by atoms with Gasteiger partial charge >= 0.3 is 0 Å². The Balaban J connectivity index is 2.38. The molecule has 1 aromatic carbocycles. The Labute approximate surface area is 175 Å². The van der Waals surface area contributed by atoms with E-state index in [1.54, 1.807) is 22.8 Å². The zero-order valence-corrected chi connectivity index (χ0v) is 16.8. The van der Waals surface area contributed by atoms with E-state index in [0.717, 1.165) is 0 Å². The van der Waals surface area contributed by atoms with Gasteiger partial charge in [0.15, 0.2) is 5.43 Å². The van der Waals surface area contributed by atoms with Gasteiger partial charge in [0, 0.05) is 12.3 Å². The van der Waals surface area contributed by atoms with Crippen LogP contribution in [-0.4, -0.2) is 37.6 Å². The number of fused-ring (bicyclic) bond motifs is 1. The molecule has 2 heterocycles. The molecule has 1 unspecified atom stereocenters. The van der Waals surface area contributed by atoms with Crippen LogP contribution in [0.15, 0.2) is 35.3 Å². The summed E-state index contributed by atoms with van der Waals surface area (Å²) in [4.78, 5) is 17.0. The van der Waals surface area contributed by atoms with Crippen LogP contribution in [0.2, 0.25) is 15.1 Å². The van der Waals surface area contributed by atoms with E-state index in [1.807, 2.05) is 0 Å². The molecule has 6 nitrogen and oxygen atoms in total. The summed E-state index contributed by atoms with van der Waals surface area (Å²) in [7, 11) is 0. The third-order valence-electron chi connectivity index (χ3n) is 4.39. The van der Waals surface area contributed by atoms with E-state index in [4.69, 9.17) is 39.9 Å². The Bertz CT molecular complexity index is 1060. The van der Waals surface area contributed by atoms with Crippen molar-refractivity contribution in [2.24, 2.45) is 0 Å². The number of aliphatic hydroxyl groups excluding tert-OH is 3. The number of para-hydroxylation sites is 1. The maximum atomic E-state index is 12.8. The lowest BCUT2D eigenvalue weighted by Gasteiger charge is -2.20. The summed E-state index contributed by atoms with van der Waals surface area (Å²) in [5, 5.41) is 29.6. The topological polar surface area (TPSA) is 95.6 Å². The van der Waals surface area contributed by atoms with Crippen LogP contribution in [0.5, 0.6) is 0 Å². The molecule has 0 radical (unpaired) electrons. The molecule has 0 bridgehead atoms. The summed E-state index contributed by atoms with van der Waals surface area (Å²) < 4.78 is 1.55. The fourth-order valence-corrected chi connectivity index (χ4v) is 3.88. The number of halogens is 3. The highest BCUT2D eigenvalue weighted by atomic mass is 35.5. The summed E-state index contributed by atoms with van der Waals surface area (Å²) in [6.45, 7) is -0.830. The van der Waals surface area contributed by atoms with Gasteiger partial charge in [-0.3, -0.25) is 9.78 Å². The number of aryl methyl sites for hydroxylation is 1. The second kappa shape index (κ2) is 8.78. The highest BCUT2D eigenvalue weighted by molar-refractivity contribution is 6.38. The van der Waals surface area contributed by atoms with Gasteiger partial charge in [0.25, 0.3) is 0 Å². The van der Waals surface area contributed by atoms with Gasteiger partial charge in [0.2, 0.25) is 0 Å². The second-order valence-electron chi connectivity index (χ2n) is 6.22. The first-order chi connectivity index (χ1) is 13.4. The van der Waals surface area contributed by atoms with Crippen molar-refractivity contribution in [2.75, 3.05) is 6.61 Å². The van der Waals surface area contributed by atoms with Crippen LogP contribution in [0.4, 0.5) is 0 Å². The standard InChI is InChI=1S/C19H17Cl3N2O4/c20-12-2-1-3-13(21)18(12)24-10(8-25)6-16(28)17-15(5-4-11(27)9-26)23-7-14(22)19(17)24/h1-3,6-7,11,25-27H,4-5,8-9H2. The smallest absolute Gasteiger partial charge is 0.191 e. The van der Waals surface area contributed by atoms with Gasteiger partial charge in [-0.1, -0.05) is 40.9 Å². The molecule has 28 heavy (non-hydrogen) atoms. The largest absolute Gasteiger partial charge is 0.394 e. The Morgan fingerprint density at radius 1 is 1.11 bits per heavy atom.